The zero-order valence-electron chi connectivity index (χ0n) is 12.8. The highest BCUT2D eigenvalue weighted by Crippen LogP contribution is 2.14. The fourth-order valence-corrected chi connectivity index (χ4v) is 2.08. The highest BCUT2D eigenvalue weighted by Gasteiger charge is 2.18. The van der Waals surface area contributed by atoms with Gasteiger partial charge in [0, 0.05) is 24.7 Å². The molecule has 0 aliphatic carbocycles. The zero-order valence-corrected chi connectivity index (χ0v) is 12.8. The van der Waals surface area contributed by atoms with Crippen molar-refractivity contribution in [2.75, 3.05) is 19.8 Å². The minimum atomic E-state index is -0.640. The van der Waals surface area contributed by atoms with Crippen molar-refractivity contribution >= 4 is 0 Å². The summed E-state index contributed by atoms with van der Waals surface area (Å²) < 4.78 is 18.9. The summed E-state index contributed by atoms with van der Waals surface area (Å²) >= 11 is 0. The van der Waals surface area contributed by atoms with Crippen LogP contribution in [0, 0.1) is 18.2 Å². The number of hydrogen-bond donors (Lipinski definition) is 1. The van der Waals surface area contributed by atoms with Crippen LogP contribution in [-0.4, -0.2) is 41.9 Å². The summed E-state index contributed by atoms with van der Waals surface area (Å²) in [6, 6.07) is 6.96. The molecule has 0 unspecified atom stereocenters. The van der Waals surface area contributed by atoms with Gasteiger partial charge in [0.05, 0.1) is 12.7 Å². The summed E-state index contributed by atoms with van der Waals surface area (Å²) in [5.74, 6) is 2.14. The van der Waals surface area contributed by atoms with E-state index in [-0.39, 0.29) is 25.1 Å². The van der Waals surface area contributed by atoms with Gasteiger partial charge in [-0.05, 0) is 19.4 Å². The molecule has 116 valence electrons. The second-order valence-corrected chi connectivity index (χ2v) is 5.15. The zero-order chi connectivity index (χ0) is 15.7. The lowest BCUT2D eigenvalue weighted by Gasteiger charge is -2.30. The smallest absolute Gasteiger partial charge is 0.127 e. The van der Waals surface area contributed by atoms with Gasteiger partial charge in [-0.2, -0.15) is 0 Å². The molecule has 1 aromatic rings. The first-order chi connectivity index (χ1) is 10.1. The third-order valence-electron chi connectivity index (χ3n) is 3.49. The van der Waals surface area contributed by atoms with E-state index in [2.05, 4.69) is 24.7 Å². The van der Waals surface area contributed by atoms with Crippen LogP contribution in [0.15, 0.2) is 24.3 Å². The maximum Gasteiger partial charge on any atom is 0.127 e. The Morgan fingerprint density at radius 1 is 1.43 bits per heavy atom. The van der Waals surface area contributed by atoms with E-state index in [1.807, 2.05) is 6.07 Å². The Hall–Kier alpha value is -1.41. The third kappa shape index (κ3) is 6.26. The molecule has 0 aromatic heterocycles. The number of aliphatic hydroxyl groups excluding tert-OH is 1. The molecular weight excluding hydrogens is 269 g/mol. The van der Waals surface area contributed by atoms with Gasteiger partial charge in [-0.1, -0.05) is 31.0 Å². The summed E-state index contributed by atoms with van der Waals surface area (Å²) in [5, 5.41) is 10.0. The number of hydrogen-bond acceptors (Lipinski definition) is 3. The van der Waals surface area contributed by atoms with Crippen LogP contribution in [-0.2, 0) is 11.3 Å². The van der Waals surface area contributed by atoms with E-state index in [0.717, 1.165) is 6.42 Å². The fourth-order valence-electron chi connectivity index (χ4n) is 2.08. The van der Waals surface area contributed by atoms with Gasteiger partial charge < -0.3 is 9.84 Å². The van der Waals surface area contributed by atoms with Gasteiger partial charge in [0.1, 0.15) is 12.4 Å². The van der Waals surface area contributed by atoms with Gasteiger partial charge in [0.15, 0.2) is 0 Å². The molecule has 0 heterocycles. The number of benzene rings is 1. The maximum atomic E-state index is 13.8. The normalized spacial score (nSPS) is 13.9. The number of ether oxygens (including phenoxy) is 1. The highest BCUT2D eigenvalue weighted by atomic mass is 19.1. The van der Waals surface area contributed by atoms with Crippen molar-refractivity contribution < 1.29 is 14.2 Å². The van der Waals surface area contributed by atoms with Gasteiger partial charge in [-0.15, -0.1) is 6.42 Å². The van der Waals surface area contributed by atoms with Crippen molar-refractivity contribution in [3.63, 3.8) is 0 Å². The lowest BCUT2D eigenvalue weighted by molar-refractivity contribution is 0.0167. The van der Waals surface area contributed by atoms with Gasteiger partial charge in [0.25, 0.3) is 0 Å². The molecule has 0 saturated heterocycles. The lowest BCUT2D eigenvalue weighted by Crippen LogP contribution is -2.40. The molecular formula is C17H24FNO2. The number of halogens is 1. The first kappa shape index (κ1) is 17.6. The average molecular weight is 293 g/mol. The third-order valence-corrected chi connectivity index (χ3v) is 3.49. The molecule has 21 heavy (non-hydrogen) atoms. The quantitative estimate of drug-likeness (QED) is 0.561. The fraction of sp³-hybridized carbons (Fsp3) is 0.529. The summed E-state index contributed by atoms with van der Waals surface area (Å²) in [6.45, 7) is 5.40. The van der Waals surface area contributed by atoms with Gasteiger partial charge in [0.2, 0.25) is 0 Å². The van der Waals surface area contributed by atoms with Crippen LogP contribution in [0.3, 0.4) is 0 Å². The molecule has 0 aliphatic heterocycles. The molecule has 2 atom stereocenters. The molecule has 1 N–H and O–H groups in total. The van der Waals surface area contributed by atoms with Crippen LogP contribution in [0.4, 0.5) is 4.39 Å². The summed E-state index contributed by atoms with van der Waals surface area (Å²) in [5.41, 5.74) is 0.634. The van der Waals surface area contributed by atoms with E-state index >= 15 is 0 Å². The maximum absolute atomic E-state index is 13.8. The Bertz CT molecular complexity index is 458. The summed E-state index contributed by atoms with van der Waals surface area (Å²) in [7, 11) is 0. The Kier molecular flexibility index (Phi) is 7.99. The average Bonchev–Trinajstić information content (AvgIpc) is 2.48. The molecule has 0 amide bonds. The molecule has 0 radical (unpaired) electrons. The van der Waals surface area contributed by atoms with E-state index in [0.29, 0.717) is 18.7 Å². The second kappa shape index (κ2) is 9.51. The molecule has 0 fully saturated rings. The Balaban J connectivity index is 2.64. The van der Waals surface area contributed by atoms with E-state index in [1.54, 1.807) is 12.1 Å². The minimum Gasteiger partial charge on any atom is -0.389 e. The van der Waals surface area contributed by atoms with Crippen molar-refractivity contribution in [2.45, 2.75) is 39.0 Å². The van der Waals surface area contributed by atoms with Crippen LogP contribution < -0.4 is 0 Å². The molecule has 0 aliphatic rings. The van der Waals surface area contributed by atoms with E-state index in [4.69, 9.17) is 11.2 Å². The molecule has 0 spiro atoms. The van der Waals surface area contributed by atoms with E-state index in [1.165, 1.54) is 6.07 Å². The Labute approximate surface area is 126 Å². The number of aliphatic hydroxyl groups is 1. The number of nitrogens with zero attached hydrogens (tertiary/aromatic N) is 1. The SMILES string of the molecule is C#CCOC[C@@H](O)CN(Cc1ccccc1F)[C@H](C)CC. The van der Waals surface area contributed by atoms with Gasteiger partial charge >= 0.3 is 0 Å². The largest absolute Gasteiger partial charge is 0.389 e. The van der Waals surface area contributed by atoms with Crippen LogP contribution in [0.25, 0.3) is 0 Å². The van der Waals surface area contributed by atoms with Crippen LogP contribution in [0.5, 0.6) is 0 Å². The Morgan fingerprint density at radius 3 is 2.76 bits per heavy atom. The van der Waals surface area contributed by atoms with Crippen molar-refractivity contribution in [3.8, 4) is 12.3 Å². The van der Waals surface area contributed by atoms with Crippen molar-refractivity contribution in [1.29, 1.82) is 0 Å². The monoisotopic (exact) mass is 293 g/mol. The molecule has 0 bridgehead atoms. The van der Waals surface area contributed by atoms with Crippen LogP contribution in [0.1, 0.15) is 25.8 Å². The lowest BCUT2D eigenvalue weighted by atomic mass is 10.1. The minimum absolute atomic E-state index is 0.188. The first-order valence-corrected chi connectivity index (χ1v) is 7.25. The summed E-state index contributed by atoms with van der Waals surface area (Å²) in [6.07, 6.45) is 5.38. The van der Waals surface area contributed by atoms with Crippen LogP contribution >= 0.6 is 0 Å². The Morgan fingerprint density at radius 2 is 2.14 bits per heavy atom. The molecule has 3 nitrogen and oxygen atoms in total. The molecule has 0 saturated carbocycles. The van der Waals surface area contributed by atoms with E-state index in [9.17, 15) is 9.50 Å². The first-order valence-electron chi connectivity index (χ1n) is 7.25. The van der Waals surface area contributed by atoms with E-state index < -0.39 is 6.10 Å². The summed E-state index contributed by atoms with van der Waals surface area (Å²) in [4.78, 5) is 2.06. The predicted molar refractivity (Wildman–Crippen MR) is 82.2 cm³/mol. The van der Waals surface area contributed by atoms with Gasteiger partial charge in [-0.25, -0.2) is 4.39 Å². The number of rotatable bonds is 9. The highest BCUT2D eigenvalue weighted by molar-refractivity contribution is 5.17. The molecule has 1 aromatic carbocycles. The second-order valence-electron chi connectivity index (χ2n) is 5.15. The van der Waals surface area contributed by atoms with Crippen molar-refractivity contribution in [1.82, 2.24) is 4.90 Å². The van der Waals surface area contributed by atoms with Gasteiger partial charge in [-0.3, -0.25) is 4.90 Å². The number of terminal acetylenes is 1. The molecule has 1 rings (SSSR count). The topological polar surface area (TPSA) is 32.7 Å². The van der Waals surface area contributed by atoms with Crippen LogP contribution in [0.2, 0.25) is 0 Å². The van der Waals surface area contributed by atoms with Crippen molar-refractivity contribution in [3.05, 3.63) is 35.6 Å². The van der Waals surface area contributed by atoms with Crippen molar-refractivity contribution in [2.24, 2.45) is 0 Å². The predicted octanol–water partition coefficient (Wildman–Crippen LogP) is 2.44. The standard InChI is InChI=1S/C17H24FNO2/c1-4-10-21-13-16(20)12-19(14(3)5-2)11-15-8-6-7-9-17(15)18/h1,6-9,14,16,20H,5,10-13H2,2-3H3/t14-,16+/m1/s1. The molecule has 4 heteroatoms.